The number of carbonyl (C=O) groups is 1. The average Bonchev–Trinajstić information content (AvgIpc) is 2.77. The van der Waals surface area contributed by atoms with Gasteiger partial charge in [-0.05, 0) is 24.3 Å². The molecule has 0 aromatic heterocycles. The van der Waals surface area contributed by atoms with Crippen molar-refractivity contribution in [1.82, 2.24) is 4.31 Å². The van der Waals surface area contributed by atoms with E-state index in [9.17, 15) is 26.7 Å². The van der Waals surface area contributed by atoms with Gasteiger partial charge in [0, 0.05) is 0 Å². The molecule has 0 unspecified atom stereocenters. The second-order valence-corrected chi connectivity index (χ2v) is 9.38. The Bertz CT molecular complexity index is 816. The van der Waals surface area contributed by atoms with Gasteiger partial charge in [-0.3, -0.25) is 4.79 Å². The molecule has 24 heavy (non-hydrogen) atoms. The van der Waals surface area contributed by atoms with Crippen molar-refractivity contribution < 1.29 is 36.6 Å². The van der Waals surface area contributed by atoms with Gasteiger partial charge in [-0.15, -0.1) is 0 Å². The van der Waals surface area contributed by atoms with Gasteiger partial charge < -0.3 is 14.9 Å². The number of carboxylic acid groups (broad SMARTS) is 1. The number of aliphatic hydroxyl groups is 1. The van der Waals surface area contributed by atoms with Gasteiger partial charge in [-0.25, -0.2) is 16.8 Å². The maximum absolute atomic E-state index is 12.7. The van der Waals surface area contributed by atoms with Crippen LogP contribution in [0.5, 0.6) is 5.75 Å². The van der Waals surface area contributed by atoms with E-state index in [4.69, 9.17) is 9.84 Å². The molecule has 11 heteroatoms. The topological polar surface area (TPSA) is 138 Å². The smallest absolute Gasteiger partial charge is 0.318 e. The molecule has 134 valence electrons. The molecule has 0 aliphatic carbocycles. The van der Waals surface area contributed by atoms with Crippen LogP contribution in [-0.2, 0) is 24.7 Å². The van der Waals surface area contributed by atoms with Crippen molar-refractivity contribution in [1.29, 1.82) is 0 Å². The normalized spacial score (nSPS) is 23.3. The summed E-state index contributed by atoms with van der Waals surface area (Å²) in [5.41, 5.74) is 0. The number of aliphatic hydroxyl groups excluding tert-OH is 1. The summed E-state index contributed by atoms with van der Waals surface area (Å²) in [6, 6.07) is 3.86. The van der Waals surface area contributed by atoms with Crippen LogP contribution in [0.4, 0.5) is 0 Å². The third kappa shape index (κ3) is 3.86. The summed E-state index contributed by atoms with van der Waals surface area (Å²) in [7, 11) is -6.56. The maximum Gasteiger partial charge on any atom is 0.318 e. The van der Waals surface area contributed by atoms with Crippen molar-refractivity contribution in [3.8, 4) is 5.75 Å². The van der Waals surface area contributed by atoms with E-state index in [-0.39, 0.29) is 4.90 Å². The average molecular weight is 379 g/mol. The van der Waals surface area contributed by atoms with Gasteiger partial charge in [0.1, 0.15) is 12.3 Å². The van der Waals surface area contributed by atoms with Crippen LogP contribution in [0.3, 0.4) is 0 Å². The molecule has 1 saturated heterocycles. The molecule has 1 heterocycles. The van der Waals surface area contributed by atoms with E-state index in [1.165, 1.54) is 31.4 Å². The SMILES string of the molecule is COc1ccc(S(=O)(=O)N(CC(=O)O)[C@H]2CS(=O)(=O)C[C@H]2O)cc1. The molecule has 0 bridgehead atoms. The van der Waals surface area contributed by atoms with Crippen molar-refractivity contribution in [2.24, 2.45) is 0 Å². The molecule has 1 aromatic carbocycles. The lowest BCUT2D eigenvalue weighted by atomic mass is 10.2. The first-order chi connectivity index (χ1) is 11.1. The number of hydrogen-bond acceptors (Lipinski definition) is 7. The predicted molar refractivity (Wildman–Crippen MR) is 83.0 cm³/mol. The Morgan fingerprint density at radius 1 is 1.29 bits per heavy atom. The van der Waals surface area contributed by atoms with Crippen molar-refractivity contribution in [3.05, 3.63) is 24.3 Å². The van der Waals surface area contributed by atoms with Gasteiger partial charge in [0.15, 0.2) is 9.84 Å². The van der Waals surface area contributed by atoms with Crippen LogP contribution in [0.1, 0.15) is 0 Å². The first kappa shape index (κ1) is 18.6. The van der Waals surface area contributed by atoms with E-state index in [2.05, 4.69) is 0 Å². The Labute approximate surface area is 139 Å². The minimum absolute atomic E-state index is 0.221. The van der Waals surface area contributed by atoms with Crippen LogP contribution in [0.2, 0.25) is 0 Å². The molecule has 1 fully saturated rings. The number of benzene rings is 1. The first-order valence-corrected chi connectivity index (χ1v) is 10.1. The quantitative estimate of drug-likeness (QED) is 0.637. The van der Waals surface area contributed by atoms with Crippen molar-refractivity contribution >= 4 is 25.8 Å². The molecule has 1 aliphatic rings. The number of sulfone groups is 1. The number of sulfonamides is 1. The molecule has 0 saturated carbocycles. The molecule has 0 amide bonds. The van der Waals surface area contributed by atoms with Crippen molar-refractivity contribution in [2.45, 2.75) is 17.0 Å². The Kier molecular flexibility index (Phi) is 5.18. The summed E-state index contributed by atoms with van der Waals surface area (Å²) in [5, 5.41) is 18.9. The molecule has 2 N–H and O–H groups in total. The predicted octanol–water partition coefficient (Wildman–Crippen LogP) is -1.07. The maximum atomic E-state index is 12.7. The zero-order valence-electron chi connectivity index (χ0n) is 12.7. The number of nitrogens with zero attached hydrogens (tertiary/aromatic N) is 1. The summed E-state index contributed by atoms with van der Waals surface area (Å²) in [6.45, 7) is -0.953. The fourth-order valence-electron chi connectivity index (χ4n) is 2.48. The lowest BCUT2D eigenvalue weighted by molar-refractivity contribution is -0.137. The minimum Gasteiger partial charge on any atom is -0.497 e. The third-order valence-corrected chi connectivity index (χ3v) is 7.20. The standard InChI is InChI=1S/C13H17NO8S2/c1-22-9-2-4-10(5-3-9)24(20,21)14(6-13(16)17)11-7-23(18,19)8-12(11)15/h2-5,11-12,15H,6-8H2,1H3,(H,16,17)/t11-,12+/m0/s1. The van der Waals surface area contributed by atoms with Crippen LogP contribution in [0.15, 0.2) is 29.2 Å². The van der Waals surface area contributed by atoms with Crippen LogP contribution >= 0.6 is 0 Å². The van der Waals surface area contributed by atoms with E-state index in [1.807, 2.05) is 0 Å². The van der Waals surface area contributed by atoms with E-state index in [0.717, 1.165) is 0 Å². The largest absolute Gasteiger partial charge is 0.497 e. The van der Waals surface area contributed by atoms with Gasteiger partial charge in [-0.2, -0.15) is 4.31 Å². The number of hydrogen-bond donors (Lipinski definition) is 2. The highest BCUT2D eigenvalue weighted by molar-refractivity contribution is 7.92. The highest BCUT2D eigenvalue weighted by atomic mass is 32.2. The van der Waals surface area contributed by atoms with Gasteiger partial charge in [0.25, 0.3) is 0 Å². The second-order valence-electron chi connectivity index (χ2n) is 5.33. The number of aliphatic carboxylic acids is 1. The van der Waals surface area contributed by atoms with Crippen LogP contribution in [0.25, 0.3) is 0 Å². The highest BCUT2D eigenvalue weighted by Crippen LogP contribution is 2.26. The second kappa shape index (κ2) is 6.67. The summed E-state index contributed by atoms with van der Waals surface area (Å²) < 4.78 is 54.2. The summed E-state index contributed by atoms with van der Waals surface area (Å²) in [5.74, 6) is -2.28. The highest BCUT2D eigenvalue weighted by Gasteiger charge is 2.45. The molecular formula is C13H17NO8S2. The van der Waals surface area contributed by atoms with Gasteiger partial charge in [-0.1, -0.05) is 0 Å². The fourth-order valence-corrected chi connectivity index (χ4v) is 5.98. The number of methoxy groups -OCH3 is 1. The Morgan fingerprint density at radius 3 is 2.29 bits per heavy atom. The first-order valence-electron chi connectivity index (χ1n) is 6.83. The van der Waals surface area contributed by atoms with Gasteiger partial charge in [0.2, 0.25) is 10.0 Å². The molecule has 1 aromatic rings. The third-order valence-electron chi connectivity index (χ3n) is 3.62. The van der Waals surface area contributed by atoms with Gasteiger partial charge in [0.05, 0.1) is 35.7 Å². The van der Waals surface area contributed by atoms with Crippen LogP contribution in [-0.4, -0.2) is 74.6 Å². The van der Waals surface area contributed by atoms with Crippen molar-refractivity contribution in [3.63, 3.8) is 0 Å². The Morgan fingerprint density at radius 2 is 1.88 bits per heavy atom. The molecule has 1 aliphatic heterocycles. The monoisotopic (exact) mass is 379 g/mol. The summed E-state index contributed by atoms with van der Waals surface area (Å²) in [6.07, 6.45) is -1.48. The van der Waals surface area contributed by atoms with E-state index in [1.54, 1.807) is 0 Å². The van der Waals surface area contributed by atoms with E-state index >= 15 is 0 Å². The van der Waals surface area contributed by atoms with Crippen LogP contribution < -0.4 is 4.74 Å². The molecule has 0 radical (unpaired) electrons. The van der Waals surface area contributed by atoms with Gasteiger partial charge >= 0.3 is 5.97 Å². The van der Waals surface area contributed by atoms with Crippen LogP contribution in [0, 0.1) is 0 Å². The van der Waals surface area contributed by atoms with E-state index < -0.39 is 56.0 Å². The lowest BCUT2D eigenvalue weighted by Gasteiger charge is -2.27. The molecule has 2 rings (SSSR count). The molecule has 0 spiro atoms. The number of ether oxygens (including phenoxy) is 1. The summed E-state index contributed by atoms with van der Waals surface area (Å²) in [4.78, 5) is 10.8. The zero-order chi connectivity index (χ0) is 18.1. The zero-order valence-corrected chi connectivity index (χ0v) is 14.3. The fraction of sp³-hybridized carbons (Fsp3) is 0.462. The Balaban J connectivity index is 2.44. The number of rotatable bonds is 6. The summed E-state index contributed by atoms with van der Waals surface area (Å²) >= 11 is 0. The van der Waals surface area contributed by atoms with Crippen molar-refractivity contribution in [2.75, 3.05) is 25.2 Å². The Hall–Kier alpha value is -1.69. The van der Waals surface area contributed by atoms with E-state index in [0.29, 0.717) is 10.1 Å². The number of carboxylic acids is 1. The molecule has 9 nitrogen and oxygen atoms in total. The molecular weight excluding hydrogens is 362 g/mol. The minimum atomic E-state index is -4.32. The lowest BCUT2D eigenvalue weighted by Crippen LogP contribution is -2.48. The molecule has 2 atom stereocenters.